The van der Waals surface area contributed by atoms with Crippen LogP contribution < -0.4 is 11.3 Å². The number of carbonyl (C=O) groups excluding carboxylic acids is 1. The monoisotopic (exact) mass is 216 g/mol. The normalized spacial score (nSPS) is 11.7. The van der Waals surface area contributed by atoms with Crippen LogP contribution in [0.15, 0.2) is 0 Å². The Labute approximate surface area is 94.8 Å². The fraction of sp³-hybridized carbons (Fsp3) is 0.917. The highest BCUT2D eigenvalue weighted by atomic mass is 16.1. The molecule has 0 aromatic heterocycles. The molecule has 0 radical (unpaired) electrons. The second-order valence-corrected chi connectivity index (χ2v) is 5.16. The van der Waals surface area contributed by atoms with Gasteiger partial charge >= 0.3 is 0 Å². The Morgan fingerprint density at radius 2 is 1.60 bits per heavy atom. The quantitative estimate of drug-likeness (QED) is 0.548. The van der Waals surface area contributed by atoms with E-state index < -0.39 is 0 Å². The highest BCUT2D eigenvalue weighted by molar-refractivity contribution is 5.81. The van der Waals surface area contributed by atoms with Crippen molar-refractivity contribution < 1.29 is 4.79 Å². The van der Waals surface area contributed by atoms with Crippen LogP contribution in [0.1, 0.15) is 54.9 Å². The minimum Gasteiger partial charge on any atom is -0.299 e. The second-order valence-electron chi connectivity index (χ2n) is 5.16. The number of hydrogen-bond donors (Lipinski definition) is 2. The largest absolute Gasteiger partial charge is 0.299 e. The van der Waals surface area contributed by atoms with E-state index in [1.807, 2.05) is 27.7 Å². The van der Waals surface area contributed by atoms with E-state index in [-0.39, 0.29) is 16.6 Å². The zero-order chi connectivity index (χ0) is 12.7. The first-order valence-corrected chi connectivity index (χ1v) is 5.66. The first-order valence-electron chi connectivity index (χ1n) is 5.66. The van der Waals surface area contributed by atoms with Crippen molar-refractivity contribution in [2.75, 3.05) is 6.54 Å². The fourth-order valence-electron chi connectivity index (χ4n) is 1.66. The molecule has 92 valence electrons. The van der Waals surface area contributed by atoms with Gasteiger partial charge in [0.1, 0.15) is 5.78 Å². The van der Waals surface area contributed by atoms with E-state index in [4.69, 9.17) is 5.84 Å². The summed E-state index contributed by atoms with van der Waals surface area (Å²) in [5.41, 5.74) is 2.47. The van der Waals surface area contributed by atoms with Crippen LogP contribution in [-0.2, 0) is 4.79 Å². The lowest BCUT2D eigenvalue weighted by molar-refractivity contribution is -0.126. The summed E-state index contributed by atoms with van der Waals surface area (Å²) >= 11 is 0. The highest BCUT2D eigenvalue weighted by Gasteiger charge is 2.31. The molecule has 0 saturated heterocycles. The average molecular weight is 216 g/mol. The van der Waals surface area contributed by atoms with Gasteiger partial charge < -0.3 is 0 Å². The molecule has 0 saturated carbocycles. The molecule has 0 spiro atoms. The third-order valence-corrected chi connectivity index (χ3v) is 2.45. The second kappa shape index (κ2) is 6.96. The van der Waals surface area contributed by atoms with Crippen LogP contribution >= 0.6 is 0 Å². The zero-order valence-corrected chi connectivity index (χ0v) is 11.4. The Hall–Kier alpha value is -0.410. The molecule has 0 unspecified atom stereocenters. The molecule has 0 aromatic rings. The van der Waals surface area contributed by atoms with Crippen molar-refractivity contribution in [2.24, 2.45) is 16.7 Å². The number of hydrogen-bond acceptors (Lipinski definition) is 3. The Morgan fingerprint density at radius 1 is 1.20 bits per heavy atom. The van der Waals surface area contributed by atoms with Gasteiger partial charge in [-0.1, -0.05) is 41.5 Å². The van der Waals surface area contributed by atoms with Gasteiger partial charge in [0, 0.05) is 12.0 Å². The van der Waals surface area contributed by atoms with Crippen molar-refractivity contribution in [3.05, 3.63) is 0 Å². The number of carbonyl (C=O) groups is 1. The maximum Gasteiger partial charge on any atom is 0.135 e. The van der Waals surface area contributed by atoms with Crippen molar-refractivity contribution in [2.45, 2.75) is 54.9 Å². The topological polar surface area (TPSA) is 55.1 Å². The summed E-state index contributed by atoms with van der Waals surface area (Å²) in [7, 11) is 0. The molecule has 0 aliphatic heterocycles. The third-order valence-electron chi connectivity index (χ3n) is 2.45. The first-order chi connectivity index (χ1) is 6.71. The molecule has 0 rings (SSSR count). The minimum absolute atomic E-state index is 0.0594. The Morgan fingerprint density at radius 3 is 1.87 bits per heavy atom. The molecule has 0 aliphatic carbocycles. The number of rotatable bonds is 5. The predicted octanol–water partition coefficient (Wildman–Crippen LogP) is 2.51. The molecule has 0 amide bonds. The van der Waals surface area contributed by atoms with E-state index in [2.05, 4.69) is 19.3 Å². The van der Waals surface area contributed by atoms with E-state index in [0.29, 0.717) is 0 Å². The SMILES string of the molecule is CC.CC(=O)C(C)(C)CC(C)(C)CNN. The molecule has 0 fully saturated rings. The highest BCUT2D eigenvalue weighted by Crippen LogP contribution is 2.33. The fourth-order valence-corrected chi connectivity index (χ4v) is 1.66. The number of hydrazine groups is 1. The molecule has 0 atom stereocenters. The van der Waals surface area contributed by atoms with Gasteiger partial charge in [-0.15, -0.1) is 0 Å². The summed E-state index contributed by atoms with van der Waals surface area (Å²) in [5, 5.41) is 0. The van der Waals surface area contributed by atoms with Gasteiger partial charge in [0.2, 0.25) is 0 Å². The number of nitrogens with two attached hydrogens (primary N) is 1. The molecule has 0 aromatic carbocycles. The number of nitrogens with one attached hydrogen (secondary N) is 1. The summed E-state index contributed by atoms with van der Waals surface area (Å²) in [6.07, 6.45) is 0.847. The molecule has 0 bridgehead atoms. The molecule has 0 aliphatic rings. The molecular formula is C12H28N2O. The maximum atomic E-state index is 11.3. The lowest BCUT2D eigenvalue weighted by Gasteiger charge is -2.32. The van der Waals surface area contributed by atoms with Gasteiger partial charge in [0.15, 0.2) is 0 Å². The van der Waals surface area contributed by atoms with Crippen molar-refractivity contribution in [1.29, 1.82) is 0 Å². The van der Waals surface area contributed by atoms with Crippen LogP contribution in [0.3, 0.4) is 0 Å². The molecule has 3 heteroatoms. The summed E-state index contributed by atoms with van der Waals surface area (Å²) in [4.78, 5) is 11.3. The van der Waals surface area contributed by atoms with Crippen LogP contribution in [0, 0.1) is 10.8 Å². The Kier molecular flexibility index (Phi) is 7.89. The van der Waals surface area contributed by atoms with Crippen molar-refractivity contribution in [3.63, 3.8) is 0 Å². The van der Waals surface area contributed by atoms with E-state index >= 15 is 0 Å². The van der Waals surface area contributed by atoms with Gasteiger partial charge in [0.05, 0.1) is 0 Å². The minimum atomic E-state index is -0.250. The number of ketones is 1. The van der Waals surface area contributed by atoms with Crippen molar-refractivity contribution in [1.82, 2.24) is 5.43 Å². The average Bonchev–Trinajstić information content (AvgIpc) is 2.05. The van der Waals surface area contributed by atoms with Gasteiger partial charge in [-0.25, -0.2) is 0 Å². The van der Waals surface area contributed by atoms with E-state index in [0.717, 1.165) is 13.0 Å². The predicted molar refractivity (Wildman–Crippen MR) is 66.4 cm³/mol. The molecular weight excluding hydrogens is 188 g/mol. The maximum absolute atomic E-state index is 11.3. The van der Waals surface area contributed by atoms with E-state index in [1.165, 1.54) is 0 Å². The van der Waals surface area contributed by atoms with Gasteiger partial charge in [-0.3, -0.25) is 16.1 Å². The van der Waals surface area contributed by atoms with Crippen LogP contribution in [0.2, 0.25) is 0 Å². The molecule has 3 nitrogen and oxygen atoms in total. The van der Waals surface area contributed by atoms with Crippen molar-refractivity contribution in [3.8, 4) is 0 Å². The van der Waals surface area contributed by atoms with Crippen LogP contribution in [0.25, 0.3) is 0 Å². The van der Waals surface area contributed by atoms with Crippen LogP contribution in [-0.4, -0.2) is 12.3 Å². The summed E-state index contributed by atoms with van der Waals surface area (Å²) in [5.74, 6) is 5.51. The first kappa shape index (κ1) is 17.0. The number of Topliss-reactive ketones (excluding diaryl/α,β-unsaturated/α-hetero) is 1. The summed E-state index contributed by atoms with van der Waals surface area (Å²) in [6.45, 7) is 14.5. The van der Waals surface area contributed by atoms with Crippen molar-refractivity contribution >= 4 is 5.78 Å². The van der Waals surface area contributed by atoms with E-state index in [9.17, 15) is 4.79 Å². The molecule has 0 heterocycles. The molecule has 15 heavy (non-hydrogen) atoms. The molecule has 3 N–H and O–H groups in total. The Balaban J connectivity index is 0. The summed E-state index contributed by atoms with van der Waals surface area (Å²) < 4.78 is 0. The van der Waals surface area contributed by atoms with Gasteiger partial charge in [0.25, 0.3) is 0 Å². The third kappa shape index (κ3) is 7.51. The summed E-state index contributed by atoms with van der Waals surface area (Å²) in [6, 6.07) is 0. The lowest BCUT2D eigenvalue weighted by atomic mass is 9.73. The smallest absolute Gasteiger partial charge is 0.135 e. The Bertz CT molecular complexity index is 186. The van der Waals surface area contributed by atoms with Gasteiger partial charge in [-0.05, 0) is 18.8 Å². The standard InChI is InChI=1S/C10H22N2O.C2H6/c1-8(13)10(4,5)6-9(2,3)7-12-11;1-2/h12H,6-7,11H2,1-5H3;1-2H3. The van der Waals surface area contributed by atoms with Crippen LogP contribution in [0.4, 0.5) is 0 Å². The van der Waals surface area contributed by atoms with E-state index in [1.54, 1.807) is 6.92 Å². The van der Waals surface area contributed by atoms with Crippen LogP contribution in [0.5, 0.6) is 0 Å². The van der Waals surface area contributed by atoms with Gasteiger partial charge in [-0.2, -0.15) is 0 Å². The zero-order valence-electron chi connectivity index (χ0n) is 11.4. The lowest BCUT2D eigenvalue weighted by Crippen LogP contribution is -2.38.